The Kier molecular flexibility index (Phi) is 3.98. The van der Waals surface area contributed by atoms with Crippen LogP contribution in [0, 0.1) is 0 Å². The molecule has 1 aromatic rings. The number of nitrogens with zero attached hydrogens (tertiary/aromatic N) is 2. The van der Waals surface area contributed by atoms with Crippen LogP contribution in [-0.4, -0.2) is 30.6 Å². The fourth-order valence-corrected chi connectivity index (χ4v) is 2.91. The van der Waals surface area contributed by atoms with Gasteiger partial charge in [0.25, 0.3) is 0 Å². The first-order valence-corrected chi connectivity index (χ1v) is 6.75. The number of thiazole rings is 1. The average molecular weight is 294 g/mol. The number of aromatic nitrogens is 1. The van der Waals surface area contributed by atoms with E-state index in [2.05, 4.69) is 9.72 Å². The molecule has 106 valence electrons. The summed E-state index contributed by atoms with van der Waals surface area (Å²) < 4.78 is 43.3. The molecule has 4 nitrogen and oxygen atoms in total. The number of carbonyl (C=O) groups is 1. The van der Waals surface area contributed by atoms with E-state index in [0.717, 1.165) is 24.2 Å². The number of hydrogen-bond donors (Lipinski definition) is 0. The van der Waals surface area contributed by atoms with Crippen molar-refractivity contribution in [3.05, 3.63) is 10.6 Å². The summed E-state index contributed by atoms with van der Waals surface area (Å²) in [6, 6.07) is 0. The molecule has 0 saturated carbocycles. The smallest absolute Gasteiger partial charge is 0.435 e. The SMILES string of the molecule is CCOC(=O)c1sc(N2CCCC2)nc1C(F)(F)F. The zero-order chi connectivity index (χ0) is 14.0. The molecule has 0 atom stereocenters. The lowest BCUT2D eigenvalue weighted by atomic mass is 10.3. The van der Waals surface area contributed by atoms with Gasteiger partial charge in [0, 0.05) is 13.1 Å². The number of hydrogen-bond acceptors (Lipinski definition) is 5. The third kappa shape index (κ3) is 2.99. The van der Waals surface area contributed by atoms with Crippen molar-refractivity contribution in [2.24, 2.45) is 0 Å². The first-order chi connectivity index (χ1) is 8.93. The van der Waals surface area contributed by atoms with E-state index in [9.17, 15) is 18.0 Å². The van der Waals surface area contributed by atoms with Crippen molar-refractivity contribution in [2.45, 2.75) is 25.9 Å². The van der Waals surface area contributed by atoms with Crippen LogP contribution in [0.15, 0.2) is 0 Å². The van der Waals surface area contributed by atoms with Gasteiger partial charge in [0.15, 0.2) is 10.8 Å². The molecule has 2 heterocycles. The lowest BCUT2D eigenvalue weighted by molar-refractivity contribution is -0.141. The summed E-state index contributed by atoms with van der Waals surface area (Å²) in [5.74, 6) is -0.960. The van der Waals surface area contributed by atoms with E-state index < -0.39 is 22.7 Å². The van der Waals surface area contributed by atoms with Crippen LogP contribution < -0.4 is 4.90 Å². The molecule has 1 saturated heterocycles. The molecular weight excluding hydrogens is 281 g/mol. The molecule has 0 spiro atoms. The minimum atomic E-state index is -4.64. The van der Waals surface area contributed by atoms with Gasteiger partial charge in [-0.1, -0.05) is 11.3 Å². The predicted octanol–water partition coefficient (Wildman–Crippen LogP) is 2.94. The van der Waals surface area contributed by atoms with Crippen molar-refractivity contribution in [1.82, 2.24) is 4.98 Å². The third-order valence-corrected chi connectivity index (χ3v) is 3.82. The molecule has 1 aromatic heterocycles. The van der Waals surface area contributed by atoms with Gasteiger partial charge >= 0.3 is 12.1 Å². The maximum Gasteiger partial charge on any atom is 0.435 e. The monoisotopic (exact) mass is 294 g/mol. The van der Waals surface area contributed by atoms with Crippen LogP contribution in [-0.2, 0) is 10.9 Å². The van der Waals surface area contributed by atoms with Gasteiger partial charge in [-0.3, -0.25) is 0 Å². The maximum absolute atomic E-state index is 12.9. The number of esters is 1. The van der Waals surface area contributed by atoms with Gasteiger partial charge < -0.3 is 9.64 Å². The number of carbonyl (C=O) groups excluding carboxylic acids is 1. The Hall–Kier alpha value is -1.31. The Morgan fingerprint density at radius 2 is 2.05 bits per heavy atom. The minimum Gasteiger partial charge on any atom is -0.462 e. The summed E-state index contributed by atoms with van der Waals surface area (Å²) in [5, 5.41) is 0.243. The Bertz CT molecular complexity index is 467. The summed E-state index contributed by atoms with van der Waals surface area (Å²) in [4.78, 5) is 16.5. The van der Waals surface area contributed by atoms with Gasteiger partial charge in [0.2, 0.25) is 0 Å². The molecule has 8 heteroatoms. The van der Waals surface area contributed by atoms with Crippen molar-refractivity contribution in [3.63, 3.8) is 0 Å². The third-order valence-electron chi connectivity index (χ3n) is 2.72. The molecule has 0 N–H and O–H groups in total. The van der Waals surface area contributed by atoms with E-state index in [1.807, 2.05) is 0 Å². The van der Waals surface area contributed by atoms with Crippen LogP contribution in [0.5, 0.6) is 0 Å². The molecule has 19 heavy (non-hydrogen) atoms. The molecule has 1 fully saturated rings. The summed E-state index contributed by atoms with van der Waals surface area (Å²) in [6.07, 6.45) is -2.79. The Labute approximate surface area is 112 Å². The van der Waals surface area contributed by atoms with E-state index in [1.165, 1.54) is 0 Å². The fourth-order valence-electron chi connectivity index (χ4n) is 1.88. The molecule has 0 bridgehead atoms. The predicted molar refractivity (Wildman–Crippen MR) is 64.5 cm³/mol. The summed E-state index contributed by atoms with van der Waals surface area (Å²) >= 11 is 0.752. The molecule has 0 aliphatic carbocycles. The quantitative estimate of drug-likeness (QED) is 0.804. The van der Waals surface area contributed by atoms with Crippen LogP contribution >= 0.6 is 11.3 Å². The summed E-state index contributed by atoms with van der Waals surface area (Å²) in [5.41, 5.74) is -1.14. The Balaban J connectivity index is 2.36. The molecule has 0 unspecified atom stereocenters. The van der Waals surface area contributed by atoms with E-state index >= 15 is 0 Å². The highest BCUT2D eigenvalue weighted by atomic mass is 32.1. The Morgan fingerprint density at radius 3 is 2.58 bits per heavy atom. The van der Waals surface area contributed by atoms with Gasteiger partial charge in [-0.2, -0.15) is 13.2 Å². The number of halogens is 3. The largest absolute Gasteiger partial charge is 0.462 e. The molecule has 1 aliphatic rings. The van der Waals surface area contributed by atoms with Gasteiger partial charge in [-0.25, -0.2) is 9.78 Å². The van der Waals surface area contributed by atoms with Gasteiger partial charge in [-0.15, -0.1) is 0 Å². The number of rotatable bonds is 3. The lowest BCUT2D eigenvalue weighted by Crippen LogP contribution is -2.18. The fraction of sp³-hybridized carbons (Fsp3) is 0.636. The second-order valence-electron chi connectivity index (χ2n) is 4.09. The van der Waals surface area contributed by atoms with Gasteiger partial charge in [0.1, 0.15) is 4.88 Å². The first-order valence-electron chi connectivity index (χ1n) is 5.93. The van der Waals surface area contributed by atoms with Crippen LogP contribution in [0.25, 0.3) is 0 Å². The van der Waals surface area contributed by atoms with E-state index in [-0.39, 0.29) is 11.7 Å². The summed E-state index contributed by atoms with van der Waals surface area (Å²) in [6.45, 7) is 2.93. The normalized spacial score (nSPS) is 15.9. The highest BCUT2D eigenvalue weighted by Crippen LogP contribution is 2.38. The van der Waals surface area contributed by atoms with Crippen molar-refractivity contribution in [3.8, 4) is 0 Å². The second-order valence-corrected chi connectivity index (χ2v) is 5.06. The van der Waals surface area contributed by atoms with Crippen LogP contribution in [0.3, 0.4) is 0 Å². The molecule has 0 aromatic carbocycles. The summed E-state index contributed by atoms with van der Waals surface area (Å²) in [7, 11) is 0. The van der Waals surface area contributed by atoms with Gasteiger partial charge in [-0.05, 0) is 19.8 Å². The molecule has 2 rings (SSSR count). The molecule has 1 aliphatic heterocycles. The van der Waals surface area contributed by atoms with E-state index in [1.54, 1.807) is 11.8 Å². The highest BCUT2D eigenvalue weighted by molar-refractivity contribution is 7.17. The van der Waals surface area contributed by atoms with E-state index in [0.29, 0.717) is 13.1 Å². The van der Waals surface area contributed by atoms with Crippen molar-refractivity contribution >= 4 is 22.4 Å². The average Bonchev–Trinajstić information content (AvgIpc) is 2.97. The lowest BCUT2D eigenvalue weighted by Gasteiger charge is -2.12. The highest BCUT2D eigenvalue weighted by Gasteiger charge is 2.41. The van der Waals surface area contributed by atoms with Crippen molar-refractivity contribution < 1.29 is 22.7 Å². The van der Waals surface area contributed by atoms with Gasteiger partial charge in [0.05, 0.1) is 6.61 Å². The molecule has 0 radical (unpaired) electrons. The molecule has 0 amide bonds. The zero-order valence-electron chi connectivity index (χ0n) is 10.3. The van der Waals surface area contributed by atoms with Crippen LogP contribution in [0.4, 0.5) is 18.3 Å². The first kappa shape index (κ1) is 14.1. The van der Waals surface area contributed by atoms with Crippen LogP contribution in [0.1, 0.15) is 35.1 Å². The second kappa shape index (κ2) is 5.36. The standard InChI is InChI=1S/C11H13F3N2O2S/c1-2-18-9(17)7-8(11(12,13)14)15-10(19-7)16-5-3-4-6-16/h2-6H2,1H3. The topological polar surface area (TPSA) is 42.4 Å². The minimum absolute atomic E-state index is 0.0348. The van der Waals surface area contributed by atoms with E-state index in [4.69, 9.17) is 0 Å². The Morgan fingerprint density at radius 1 is 1.42 bits per heavy atom. The zero-order valence-corrected chi connectivity index (χ0v) is 11.1. The maximum atomic E-state index is 12.9. The van der Waals surface area contributed by atoms with Crippen molar-refractivity contribution in [2.75, 3.05) is 24.6 Å². The van der Waals surface area contributed by atoms with Crippen molar-refractivity contribution in [1.29, 1.82) is 0 Å². The van der Waals surface area contributed by atoms with Crippen LogP contribution in [0.2, 0.25) is 0 Å². The number of ether oxygens (including phenoxy) is 1. The number of anilines is 1. The number of alkyl halides is 3. The molecular formula is C11H13F3N2O2S.